The lowest BCUT2D eigenvalue weighted by molar-refractivity contribution is -0.142. The number of nitrogens with zero attached hydrogens (tertiary/aromatic N) is 1. The molecule has 0 radical (unpaired) electrons. The van der Waals surface area contributed by atoms with Crippen LogP contribution >= 0.6 is 11.8 Å². The zero-order valence-electron chi connectivity index (χ0n) is 15.7. The van der Waals surface area contributed by atoms with E-state index in [1.165, 1.54) is 12.0 Å². The smallest absolute Gasteiger partial charge is 0.413 e. The van der Waals surface area contributed by atoms with Gasteiger partial charge in [0.1, 0.15) is 18.7 Å². The van der Waals surface area contributed by atoms with Gasteiger partial charge < -0.3 is 14.2 Å². The molecule has 1 aromatic rings. The van der Waals surface area contributed by atoms with Gasteiger partial charge in [-0.25, -0.2) is 9.59 Å². The van der Waals surface area contributed by atoms with Crippen LogP contribution in [0.25, 0.3) is 0 Å². The SMILES string of the molecule is COC(=O)[C@@H]1CS[C@H](CCC[C@@H]2C(=O)OCN2C(=O)OCc2ccccc2)N1. The topological polar surface area (TPSA) is 94.2 Å². The quantitative estimate of drug-likeness (QED) is 0.540. The molecule has 28 heavy (non-hydrogen) atoms. The van der Waals surface area contributed by atoms with Crippen LogP contribution in [0, 0.1) is 0 Å². The van der Waals surface area contributed by atoms with Crippen LogP contribution in [0.5, 0.6) is 0 Å². The van der Waals surface area contributed by atoms with Crippen molar-refractivity contribution in [2.45, 2.75) is 43.3 Å². The van der Waals surface area contributed by atoms with Crippen molar-refractivity contribution in [2.24, 2.45) is 0 Å². The molecule has 152 valence electrons. The van der Waals surface area contributed by atoms with Gasteiger partial charge in [0.2, 0.25) is 0 Å². The number of hydrogen-bond donors (Lipinski definition) is 1. The molecule has 9 heteroatoms. The molecule has 1 N–H and O–H groups in total. The summed E-state index contributed by atoms with van der Waals surface area (Å²) in [5.74, 6) is -0.00126. The Hall–Kier alpha value is -2.26. The molecule has 2 aliphatic heterocycles. The molecular weight excluding hydrogens is 384 g/mol. The summed E-state index contributed by atoms with van der Waals surface area (Å²) in [4.78, 5) is 37.2. The van der Waals surface area contributed by atoms with Crippen LogP contribution in [0.1, 0.15) is 24.8 Å². The van der Waals surface area contributed by atoms with E-state index in [2.05, 4.69) is 5.32 Å². The molecule has 0 saturated carbocycles. The predicted molar refractivity (Wildman–Crippen MR) is 102 cm³/mol. The molecule has 3 atom stereocenters. The van der Waals surface area contributed by atoms with Crippen molar-refractivity contribution in [3.8, 4) is 0 Å². The highest BCUT2D eigenvalue weighted by molar-refractivity contribution is 8.00. The highest BCUT2D eigenvalue weighted by atomic mass is 32.2. The maximum atomic E-state index is 12.3. The Balaban J connectivity index is 1.44. The molecule has 3 rings (SSSR count). The summed E-state index contributed by atoms with van der Waals surface area (Å²) in [6.07, 6.45) is 1.41. The van der Waals surface area contributed by atoms with Crippen LogP contribution in [0.3, 0.4) is 0 Å². The van der Waals surface area contributed by atoms with Gasteiger partial charge in [-0.15, -0.1) is 11.8 Å². The summed E-state index contributed by atoms with van der Waals surface area (Å²) in [7, 11) is 1.37. The van der Waals surface area contributed by atoms with E-state index in [1.54, 1.807) is 11.8 Å². The van der Waals surface area contributed by atoms with Crippen LogP contribution < -0.4 is 5.32 Å². The Bertz CT molecular complexity index is 701. The molecule has 1 amide bonds. The monoisotopic (exact) mass is 408 g/mol. The van der Waals surface area contributed by atoms with Crippen LogP contribution in [0.2, 0.25) is 0 Å². The number of cyclic esters (lactones) is 1. The van der Waals surface area contributed by atoms with E-state index in [9.17, 15) is 14.4 Å². The van der Waals surface area contributed by atoms with Crippen LogP contribution in [0.4, 0.5) is 4.79 Å². The second-order valence-electron chi connectivity index (χ2n) is 6.61. The van der Waals surface area contributed by atoms with Crippen molar-refractivity contribution in [2.75, 3.05) is 19.6 Å². The number of methoxy groups -OCH3 is 1. The summed E-state index contributed by atoms with van der Waals surface area (Å²) in [6.45, 7) is 0.0621. The van der Waals surface area contributed by atoms with Crippen LogP contribution in [-0.4, -0.2) is 60.0 Å². The second kappa shape index (κ2) is 9.79. The first-order valence-corrected chi connectivity index (χ1v) is 10.2. The summed E-state index contributed by atoms with van der Waals surface area (Å²) < 4.78 is 15.1. The Morgan fingerprint density at radius 3 is 2.82 bits per heavy atom. The number of benzene rings is 1. The highest BCUT2D eigenvalue weighted by Crippen LogP contribution is 2.26. The minimum atomic E-state index is -0.633. The zero-order chi connectivity index (χ0) is 19.9. The lowest BCUT2D eigenvalue weighted by Gasteiger charge is -2.20. The van der Waals surface area contributed by atoms with Gasteiger partial charge >= 0.3 is 18.0 Å². The van der Waals surface area contributed by atoms with Gasteiger partial charge in [-0.05, 0) is 24.8 Å². The van der Waals surface area contributed by atoms with E-state index in [0.717, 1.165) is 12.0 Å². The summed E-state index contributed by atoms with van der Waals surface area (Å²) in [5.41, 5.74) is 0.878. The van der Waals surface area contributed by atoms with Crippen LogP contribution in [0.15, 0.2) is 30.3 Å². The fourth-order valence-corrected chi connectivity index (χ4v) is 4.43. The van der Waals surface area contributed by atoms with Gasteiger partial charge in [-0.1, -0.05) is 30.3 Å². The van der Waals surface area contributed by atoms with Crippen molar-refractivity contribution >= 4 is 29.8 Å². The average molecular weight is 408 g/mol. The first-order chi connectivity index (χ1) is 13.6. The molecule has 2 saturated heterocycles. The van der Waals surface area contributed by atoms with Crippen molar-refractivity contribution in [1.82, 2.24) is 10.2 Å². The molecular formula is C19H24N2O6S. The Morgan fingerprint density at radius 2 is 2.07 bits per heavy atom. The maximum absolute atomic E-state index is 12.3. The molecule has 0 bridgehead atoms. The van der Waals surface area contributed by atoms with Gasteiger partial charge in [0, 0.05) is 5.75 Å². The maximum Gasteiger partial charge on any atom is 0.413 e. The Morgan fingerprint density at radius 1 is 1.29 bits per heavy atom. The fourth-order valence-electron chi connectivity index (χ4n) is 3.18. The predicted octanol–water partition coefficient (Wildman–Crippen LogP) is 1.88. The van der Waals surface area contributed by atoms with Gasteiger partial charge in [-0.2, -0.15) is 0 Å². The number of nitrogens with one attached hydrogen (secondary N) is 1. The molecule has 0 spiro atoms. The summed E-state index contributed by atoms with van der Waals surface area (Å²) >= 11 is 1.66. The second-order valence-corrected chi connectivity index (χ2v) is 7.85. The molecule has 2 fully saturated rings. The molecule has 0 aromatic heterocycles. The van der Waals surface area contributed by atoms with E-state index in [-0.39, 0.29) is 30.7 Å². The summed E-state index contributed by atoms with van der Waals surface area (Å²) in [6, 6.07) is 8.43. The fraction of sp³-hybridized carbons (Fsp3) is 0.526. The van der Waals surface area contributed by atoms with Crippen molar-refractivity contribution in [1.29, 1.82) is 0 Å². The standard InChI is InChI=1S/C19H24N2O6S/c1-25-17(22)14-11-28-16(20-14)9-5-8-15-18(23)27-12-21(15)19(24)26-10-13-6-3-2-4-7-13/h2-4,6-7,14-16,20H,5,8-12H2,1H3/t14-,15+,16+/m0/s1. The number of thioether (sulfide) groups is 1. The normalized spacial score (nSPS) is 24.1. The van der Waals surface area contributed by atoms with Gasteiger partial charge in [-0.3, -0.25) is 15.0 Å². The third-order valence-electron chi connectivity index (χ3n) is 4.71. The summed E-state index contributed by atoms with van der Waals surface area (Å²) in [5, 5.41) is 3.34. The number of carbonyl (C=O) groups is 3. The molecule has 0 unspecified atom stereocenters. The van der Waals surface area contributed by atoms with Gasteiger partial charge in [0.05, 0.1) is 12.5 Å². The molecule has 2 heterocycles. The van der Waals surface area contributed by atoms with Crippen molar-refractivity contribution < 1.29 is 28.6 Å². The van der Waals surface area contributed by atoms with E-state index in [4.69, 9.17) is 14.2 Å². The van der Waals surface area contributed by atoms with E-state index >= 15 is 0 Å². The van der Waals surface area contributed by atoms with Gasteiger partial charge in [0.15, 0.2) is 6.73 Å². The largest absolute Gasteiger partial charge is 0.468 e. The molecule has 1 aromatic carbocycles. The first-order valence-electron chi connectivity index (χ1n) is 9.18. The number of esters is 2. The number of hydrogen-bond acceptors (Lipinski definition) is 8. The molecule has 8 nitrogen and oxygen atoms in total. The lowest BCUT2D eigenvalue weighted by atomic mass is 10.1. The molecule has 0 aliphatic carbocycles. The average Bonchev–Trinajstić information content (AvgIpc) is 3.34. The van der Waals surface area contributed by atoms with Gasteiger partial charge in [0.25, 0.3) is 0 Å². The number of ether oxygens (including phenoxy) is 3. The van der Waals surface area contributed by atoms with Crippen molar-refractivity contribution in [3.63, 3.8) is 0 Å². The van der Waals surface area contributed by atoms with E-state index in [0.29, 0.717) is 18.6 Å². The number of amides is 1. The number of rotatable bonds is 7. The van der Waals surface area contributed by atoms with E-state index in [1.807, 2.05) is 30.3 Å². The minimum absolute atomic E-state index is 0.0854. The third kappa shape index (κ3) is 5.17. The van der Waals surface area contributed by atoms with E-state index < -0.39 is 18.1 Å². The highest BCUT2D eigenvalue weighted by Gasteiger charge is 2.39. The zero-order valence-corrected chi connectivity index (χ0v) is 16.5. The molecule has 2 aliphatic rings. The van der Waals surface area contributed by atoms with Crippen molar-refractivity contribution in [3.05, 3.63) is 35.9 Å². The Labute approximate surface area is 167 Å². The lowest BCUT2D eigenvalue weighted by Crippen LogP contribution is -2.39. The van der Waals surface area contributed by atoms with Crippen LogP contribution in [-0.2, 0) is 30.4 Å². The minimum Gasteiger partial charge on any atom is -0.468 e. The Kier molecular flexibility index (Phi) is 7.16. The number of carbonyl (C=O) groups excluding carboxylic acids is 3. The third-order valence-corrected chi connectivity index (χ3v) is 6.01. The first kappa shape index (κ1) is 20.5.